The van der Waals surface area contributed by atoms with E-state index in [1.807, 2.05) is 39.0 Å². The van der Waals surface area contributed by atoms with Crippen molar-refractivity contribution in [2.24, 2.45) is 11.8 Å². The molecule has 3 amide bonds. The van der Waals surface area contributed by atoms with Crippen molar-refractivity contribution in [3.8, 4) is 0 Å². The van der Waals surface area contributed by atoms with Gasteiger partial charge in [0.25, 0.3) is 0 Å². The number of carbonyl (C=O) groups excluding carboxylic acids is 3. The number of aliphatic hydroxyl groups is 1. The molecule has 0 radical (unpaired) electrons. The highest BCUT2D eigenvalue weighted by atomic mass is 16.5. The highest BCUT2D eigenvalue weighted by molar-refractivity contribution is 6.04. The zero-order chi connectivity index (χ0) is 22.6. The summed E-state index contributed by atoms with van der Waals surface area (Å²) >= 11 is 0. The van der Waals surface area contributed by atoms with Gasteiger partial charge in [0.15, 0.2) is 0 Å². The minimum atomic E-state index is -1.04. The number of aryl methyl sites for hydroxylation is 2. The first kappa shape index (κ1) is 21.8. The number of ether oxygens (including phenoxy) is 1. The van der Waals surface area contributed by atoms with Crippen LogP contribution in [0.4, 0.5) is 5.69 Å². The molecule has 0 aliphatic carbocycles. The molecule has 2 unspecified atom stereocenters. The van der Waals surface area contributed by atoms with E-state index in [1.54, 1.807) is 7.05 Å². The van der Waals surface area contributed by atoms with Crippen LogP contribution in [0.15, 0.2) is 18.2 Å². The SMILES string of the molecule is CNC(=O)[C@@H]1[C@H]2C(=O)N(CCCO)C(C(=O)Nc3cc(C)ccc3C)C23CC[C@@]1(C)O3. The number of benzene rings is 1. The Balaban J connectivity index is 1.74. The number of hydrogen-bond donors (Lipinski definition) is 3. The Morgan fingerprint density at radius 2 is 2.00 bits per heavy atom. The average molecular weight is 430 g/mol. The Bertz CT molecular complexity index is 934. The molecule has 31 heavy (non-hydrogen) atoms. The molecule has 2 bridgehead atoms. The molecule has 3 heterocycles. The smallest absolute Gasteiger partial charge is 0.250 e. The number of nitrogens with one attached hydrogen (secondary N) is 2. The molecule has 0 aromatic heterocycles. The van der Waals surface area contributed by atoms with E-state index in [2.05, 4.69) is 10.6 Å². The van der Waals surface area contributed by atoms with Gasteiger partial charge in [-0.05, 0) is 57.2 Å². The number of carbonyl (C=O) groups is 3. The van der Waals surface area contributed by atoms with Gasteiger partial charge in [-0.2, -0.15) is 0 Å². The predicted octanol–water partition coefficient (Wildman–Crippen LogP) is 1.14. The molecule has 3 N–H and O–H groups in total. The number of fused-ring (bicyclic) bond motifs is 1. The quantitative estimate of drug-likeness (QED) is 0.628. The summed E-state index contributed by atoms with van der Waals surface area (Å²) in [5.74, 6) is -2.15. The van der Waals surface area contributed by atoms with E-state index in [0.29, 0.717) is 24.9 Å². The second-order valence-corrected chi connectivity index (χ2v) is 9.26. The fraction of sp³-hybridized carbons (Fsp3) is 0.609. The largest absolute Gasteiger partial charge is 0.396 e. The monoisotopic (exact) mass is 429 g/mol. The van der Waals surface area contributed by atoms with E-state index in [9.17, 15) is 19.5 Å². The normalized spacial score (nSPS) is 33.5. The van der Waals surface area contributed by atoms with Crippen molar-refractivity contribution < 1.29 is 24.2 Å². The van der Waals surface area contributed by atoms with E-state index in [4.69, 9.17) is 4.74 Å². The maximum atomic E-state index is 13.6. The first-order chi connectivity index (χ1) is 14.7. The van der Waals surface area contributed by atoms with E-state index in [-0.39, 0.29) is 30.9 Å². The number of hydrogen-bond acceptors (Lipinski definition) is 5. The Kier molecular flexibility index (Phi) is 5.34. The van der Waals surface area contributed by atoms with Gasteiger partial charge in [-0.1, -0.05) is 12.1 Å². The number of likely N-dealkylation sites (tertiary alicyclic amines) is 1. The Labute approximate surface area is 182 Å². The minimum absolute atomic E-state index is 0.0930. The molecule has 8 heteroatoms. The van der Waals surface area contributed by atoms with Crippen LogP contribution in [0.25, 0.3) is 0 Å². The van der Waals surface area contributed by atoms with Crippen molar-refractivity contribution in [2.75, 3.05) is 25.5 Å². The molecule has 3 fully saturated rings. The lowest BCUT2D eigenvalue weighted by Gasteiger charge is -2.33. The van der Waals surface area contributed by atoms with Gasteiger partial charge < -0.3 is 25.4 Å². The lowest BCUT2D eigenvalue weighted by Crippen LogP contribution is -2.53. The van der Waals surface area contributed by atoms with Crippen molar-refractivity contribution in [2.45, 2.75) is 57.3 Å². The second kappa shape index (κ2) is 7.60. The fourth-order valence-corrected chi connectivity index (χ4v) is 5.84. The molecular formula is C23H31N3O5. The highest BCUT2D eigenvalue weighted by Gasteiger charge is 2.77. The summed E-state index contributed by atoms with van der Waals surface area (Å²) in [7, 11) is 1.55. The van der Waals surface area contributed by atoms with Crippen LogP contribution in [0, 0.1) is 25.7 Å². The first-order valence-electron chi connectivity index (χ1n) is 10.9. The molecule has 1 aromatic carbocycles. The molecular weight excluding hydrogens is 398 g/mol. The Hall–Kier alpha value is -2.45. The summed E-state index contributed by atoms with van der Waals surface area (Å²) in [6.07, 6.45) is 1.49. The molecule has 168 valence electrons. The van der Waals surface area contributed by atoms with Crippen LogP contribution < -0.4 is 10.6 Å². The third kappa shape index (κ3) is 3.15. The molecule has 5 atom stereocenters. The average Bonchev–Trinajstić information content (AvgIpc) is 3.29. The maximum absolute atomic E-state index is 13.6. The molecule has 1 aromatic rings. The summed E-state index contributed by atoms with van der Waals surface area (Å²) in [5.41, 5.74) is 0.815. The third-order valence-corrected chi connectivity index (χ3v) is 7.26. The van der Waals surface area contributed by atoms with Crippen molar-refractivity contribution >= 4 is 23.4 Å². The van der Waals surface area contributed by atoms with Gasteiger partial charge >= 0.3 is 0 Å². The summed E-state index contributed by atoms with van der Waals surface area (Å²) in [4.78, 5) is 41.4. The molecule has 1 spiro atoms. The van der Waals surface area contributed by atoms with Crippen LogP contribution in [-0.2, 0) is 19.1 Å². The van der Waals surface area contributed by atoms with Gasteiger partial charge in [-0.15, -0.1) is 0 Å². The first-order valence-corrected chi connectivity index (χ1v) is 10.9. The predicted molar refractivity (Wildman–Crippen MR) is 114 cm³/mol. The molecule has 0 saturated carbocycles. The Morgan fingerprint density at radius 3 is 2.68 bits per heavy atom. The summed E-state index contributed by atoms with van der Waals surface area (Å²) in [5, 5.41) is 15.0. The number of aliphatic hydroxyl groups excluding tert-OH is 1. The van der Waals surface area contributed by atoms with Gasteiger partial charge in [0.2, 0.25) is 17.7 Å². The van der Waals surface area contributed by atoms with Gasteiger partial charge in [0.05, 0.1) is 17.4 Å². The minimum Gasteiger partial charge on any atom is -0.396 e. The van der Waals surface area contributed by atoms with Crippen molar-refractivity contribution in [3.63, 3.8) is 0 Å². The van der Waals surface area contributed by atoms with Crippen LogP contribution >= 0.6 is 0 Å². The molecule has 8 nitrogen and oxygen atoms in total. The lowest BCUT2D eigenvalue weighted by atomic mass is 9.66. The van der Waals surface area contributed by atoms with Crippen LogP contribution in [0.5, 0.6) is 0 Å². The topological polar surface area (TPSA) is 108 Å². The molecule has 3 aliphatic rings. The zero-order valence-electron chi connectivity index (χ0n) is 18.5. The van der Waals surface area contributed by atoms with Crippen LogP contribution in [0.2, 0.25) is 0 Å². The second-order valence-electron chi connectivity index (χ2n) is 9.26. The summed E-state index contributed by atoms with van der Waals surface area (Å²) in [6.45, 7) is 5.88. The third-order valence-electron chi connectivity index (χ3n) is 7.26. The number of rotatable bonds is 6. The van der Waals surface area contributed by atoms with Crippen molar-refractivity contribution in [1.82, 2.24) is 10.2 Å². The highest BCUT2D eigenvalue weighted by Crippen LogP contribution is 2.63. The summed E-state index contributed by atoms with van der Waals surface area (Å²) in [6, 6.07) is 4.96. The van der Waals surface area contributed by atoms with Crippen molar-refractivity contribution in [3.05, 3.63) is 29.3 Å². The maximum Gasteiger partial charge on any atom is 0.250 e. The van der Waals surface area contributed by atoms with Gasteiger partial charge in [0, 0.05) is 25.9 Å². The van der Waals surface area contributed by atoms with E-state index in [1.165, 1.54) is 4.90 Å². The van der Waals surface area contributed by atoms with Crippen LogP contribution in [-0.4, -0.2) is 65.2 Å². The summed E-state index contributed by atoms with van der Waals surface area (Å²) < 4.78 is 6.47. The molecule has 3 saturated heterocycles. The number of amides is 3. The van der Waals surface area contributed by atoms with Gasteiger partial charge in [-0.25, -0.2) is 0 Å². The molecule has 4 rings (SSSR count). The standard InChI is InChI=1S/C23H31N3O5/c1-13-6-7-14(2)15(12-13)25-20(29)18-23-9-8-22(3,31-23)16(19(28)24-4)17(23)21(30)26(18)10-5-11-27/h6-7,12,16-18,27H,5,8-11H2,1-4H3,(H,24,28)(H,25,29)/t16-,17-,18?,22+,23?/m0/s1. The van der Waals surface area contributed by atoms with Crippen molar-refractivity contribution in [1.29, 1.82) is 0 Å². The lowest BCUT2D eigenvalue weighted by molar-refractivity contribution is -0.144. The molecule has 3 aliphatic heterocycles. The van der Waals surface area contributed by atoms with Crippen LogP contribution in [0.3, 0.4) is 0 Å². The van der Waals surface area contributed by atoms with E-state index in [0.717, 1.165) is 11.1 Å². The van der Waals surface area contributed by atoms with Gasteiger partial charge in [-0.3, -0.25) is 14.4 Å². The fourth-order valence-electron chi connectivity index (χ4n) is 5.84. The number of nitrogens with zero attached hydrogens (tertiary/aromatic N) is 1. The Morgan fingerprint density at radius 1 is 1.26 bits per heavy atom. The van der Waals surface area contributed by atoms with Gasteiger partial charge in [0.1, 0.15) is 11.6 Å². The van der Waals surface area contributed by atoms with E-state index < -0.39 is 29.1 Å². The van der Waals surface area contributed by atoms with E-state index >= 15 is 0 Å². The van der Waals surface area contributed by atoms with Crippen LogP contribution in [0.1, 0.15) is 37.3 Å². The number of anilines is 1. The zero-order valence-corrected chi connectivity index (χ0v) is 18.5.